The summed E-state index contributed by atoms with van der Waals surface area (Å²) in [5.41, 5.74) is 7.01. The number of hydrogen-bond donors (Lipinski definition) is 2. The van der Waals surface area contributed by atoms with Gasteiger partial charge in [-0.1, -0.05) is 36.7 Å². The smallest absolute Gasteiger partial charge is 0.450 e. The molecule has 0 aliphatic carbocycles. The van der Waals surface area contributed by atoms with Crippen molar-refractivity contribution in [3.05, 3.63) is 63.2 Å². The van der Waals surface area contributed by atoms with Gasteiger partial charge in [0.15, 0.2) is 0 Å². The van der Waals surface area contributed by atoms with E-state index in [1.807, 2.05) is 13.8 Å². The SMILES string of the molecule is CC[C@@H](Nc1ccc(C)c(CN2CC[C@@H](OC(=O)O)C2)c1)c1cc(C)c(Cl)c(C)c1. The maximum absolute atomic E-state index is 10.8. The van der Waals surface area contributed by atoms with Gasteiger partial charge in [0.25, 0.3) is 0 Å². The van der Waals surface area contributed by atoms with Crippen LogP contribution in [0.2, 0.25) is 5.02 Å². The Bertz CT molecular complexity index is 892. The third-order valence-electron chi connectivity index (χ3n) is 5.85. The molecule has 5 nitrogen and oxygen atoms in total. The zero-order valence-corrected chi connectivity index (χ0v) is 18.9. The van der Waals surface area contributed by atoms with Crippen molar-refractivity contribution in [3.8, 4) is 0 Å². The Morgan fingerprint density at radius 2 is 1.93 bits per heavy atom. The second kappa shape index (κ2) is 9.71. The van der Waals surface area contributed by atoms with Crippen molar-refractivity contribution in [3.63, 3.8) is 0 Å². The number of ether oxygens (including phenoxy) is 1. The molecule has 0 amide bonds. The number of hydrogen-bond acceptors (Lipinski definition) is 4. The maximum atomic E-state index is 10.8. The number of carbonyl (C=O) groups is 1. The Balaban J connectivity index is 1.72. The van der Waals surface area contributed by atoms with Gasteiger partial charge in [0.05, 0.1) is 6.04 Å². The van der Waals surface area contributed by atoms with Crippen LogP contribution in [0.25, 0.3) is 0 Å². The first-order valence-corrected chi connectivity index (χ1v) is 10.9. The van der Waals surface area contributed by atoms with Gasteiger partial charge in [0.2, 0.25) is 0 Å². The van der Waals surface area contributed by atoms with Crippen LogP contribution >= 0.6 is 11.6 Å². The van der Waals surface area contributed by atoms with Crippen LogP contribution in [0, 0.1) is 20.8 Å². The molecule has 0 aromatic heterocycles. The van der Waals surface area contributed by atoms with E-state index in [-0.39, 0.29) is 12.1 Å². The Kier molecular flexibility index (Phi) is 7.27. The van der Waals surface area contributed by atoms with E-state index in [0.717, 1.165) is 47.8 Å². The molecular weight excluding hydrogens is 400 g/mol. The Morgan fingerprint density at radius 3 is 2.57 bits per heavy atom. The monoisotopic (exact) mass is 430 g/mol. The predicted molar refractivity (Wildman–Crippen MR) is 122 cm³/mol. The summed E-state index contributed by atoms with van der Waals surface area (Å²) in [5, 5.41) is 13.3. The quantitative estimate of drug-likeness (QED) is 0.520. The highest BCUT2D eigenvalue weighted by molar-refractivity contribution is 6.32. The van der Waals surface area contributed by atoms with Gasteiger partial charge in [-0.25, -0.2) is 4.79 Å². The van der Waals surface area contributed by atoms with Crippen LogP contribution in [0.15, 0.2) is 30.3 Å². The van der Waals surface area contributed by atoms with Gasteiger partial charge in [-0.05, 0) is 73.6 Å². The van der Waals surface area contributed by atoms with E-state index in [2.05, 4.69) is 54.4 Å². The summed E-state index contributed by atoms with van der Waals surface area (Å²) in [5.74, 6) is 0. The second-order valence-electron chi connectivity index (χ2n) is 8.24. The van der Waals surface area contributed by atoms with Gasteiger partial charge in [0.1, 0.15) is 6.10 Å². The van der Waals surface area contributed by atoms with Crippen LogP contribution in [0.4, 0.5) is 10.5 Å². The molecule has 2 atom stereocenters. The average molecular weight is 431 g/mol. The number of likely N-dealkylation sites (tertiary alicyclic amines) is 1. The molecule has 2 aromatic rings. The van der Waals surface area contributed by atoms with E-state index < -0.39 is 6.16 Å². The summed E-state index contributed by atoms with van der Waals surface area (Å²) in [6.07, 6.45) is 0.285. The molecule has 162 valence electrons. The van der Waals surface area contributed by atoms with Gasteiger partial charge >= 0.3 is 6.16 Å². The fraction of sp³-hybridized carbons (Fsp3) is 0.458. The van der Waals surface area contributed by atoms with Crippen LogP contribution in [0.3, 0.4) is 0 Å². The molecule has 0 bridgehead atoms. The van der Waals surface area contributed by atoms with Gasteiger partial charge in [-0.15, -0.1) is 0 Å². The standard InChI is InChI=1S/C24H31ClN2O3/c1-5-22(18-10-16(3)23(25)17(4)11-18)26-20-7-6-15(2)19(12-20)13-27-9-8-21(14-27)30-24(28)29/h6-7,10-12,21-22,26H,5,8-9,13-14H2,1-4H3,(H,28,29)/t21-,22-/m1/s1. The van der Waals surface area contributed by atoms with Crippen LogP contribution in [-0.2, 0) is 11.3 Å². The molecule has 0 unspecified atom stereocenters. The number of carboxylic acid groups (broad SMARTS) is 1. The Labute approximate surface area is 184 Å². The fourth-order valence-corrected chi connectivity index (χ4v) is 4.26. The minimum atomic E-state index is -1.19. The summed E-state index contributed by atoms with van der Waals surface area (Å²) in [4.78, 5) is 13.0. The van der Waals surface area contributed by atoms with Crippen molar-refractivity contribution in [2.45, 2.75) is 59.2 Å². The molecule has 1 heterocycles. The van der Waals surface area contributed by atoms with Crippen LogP contribution in [0.5, 0.6) is 0 Å². The summed E-state index contributed by atoms with van der Waals surface area (Å²) >= 11 is 6.35. The van der Waals surface area contributed by atoms with Gasteiger partial charge in [-0.3, -0.25) is 4.90 Å². The van der Waals surface area contributed by atoms with E-state index in [1.54, 1.807) is 0 Å². The summed E-state index contributed by atoms with van der Waals surface area (Å²) in [6, 6.07) is 11.0. The minimum absolute atomic E-state index is 0.204. The maximum Gasteiger partial charge on any atom is 0.506 e. The van der Waals surface area contributed by atoms with Crippen LogP contribution in [0.1, 0.15) is 53.6 Å². The van der Waals surface area contributed by atoms with Crippen molar-refractivity contribution < 1.29 is 14.6 Å². The third-order valence-corrected chi connectivity index (χ3v) is 6.45. The van der Waals surface area contributed by atoms with Crippen LogP contribution in [-0.4, -0.2) is 35.4 Å². The number of halogens is 1. The molecule has 1 aliphatic heterocycles. The van der Waals surface area contributed by atoms with Crippen molar-refractivity contribution in [2.75, 3.05) is 18.4 Å². The van der Waals surface area contributed by atoms with Gasteiger partial charge in [0, 0.05) is 30.3 Å². The lowest BCUT2D eigenvalue weighted by Gasteiger charge is -2.22. The van der Waals surface area contributed by atoms with Gasteiger partial charge < -0.3 is 15.2 Å². The lowest BCUT2D eigenvalue weighted by Crippen LogP contribution is -2.24. The zero-order valence-electron chi connectivity index (χ0n) is 18.2. The summed E-state index contributed by atoms with van der Waals surface area (Å²) in [6.45, 7) is 10.7. The normalized spacial score (nSPS) is 17.7. The number of aryl methyl sites for hydroxylation is 3. The highest BCUT2D eigenvalue weighted by Gasteiger charge is 2.26. The van der Waals surface area contributed by atoms with Crippen molar-refractivity contribution in [2.24, 2.45) is 0 Å². The summed E-state index contributed by atoms with van der Waals surface area (Å²) < 4.78 is 4.93. The second-order valence-corrected chi connectivity index (χ2v) is 8.62. The number of anilines is 1. The molecule has 6 heteroatoms. The first-order chi connectivity index (χ1) is 14.3. The molecule has 3 rings (SSSR count). The fourth-order valence-electron chi connectivity index (χ4n) is 4.15. The predicted octanol–water partition coefficient (Wildman–Crippen LogP) is 6.10. The molecule has 30 heavy (non-hydrogen) atoms. The molecule has 1 saturated heterocycles. The largest absolute Gasteiger partial charge is 0.506 e. The van der Waals surface area contributed by atoms with Crippen LogP contribution < -0.4 is 5.32 Å². The summed E-state index contributed by atoms with van der Waals surface area (Å²) in [7, 11) is 0. The molecule has 1 fully saturated rings. The number of nitrogens with zero attached hydrogens (tertiary/aromatic N) is 1. The van der Waals surface area contributed by atoms with Crippen molar-refractivity contribution in [1.82, 2.24) is 4.90 Å². The van der Waals surface area contributed by atoms with E-state index in [9.17, 15) is 4.79 Å². The molecular formula is C24H31ClN2O3. The minimum Gasteiger partial charge on any atom is -0.450 e. The number of benzene rings is 2. The highest BCUT2D eigenvalue weighted by atomic mass is 35.5. The van der Waals surface area contributed by atoms with Crippen molar-refractivity contribution in [1.29, 1.82) is 0 Å². The number of nitrogens with one attached hydrogen (secondary N) is 1. The topological polar surface area (TPSA) is 61.8 Å². The average Bonchev–Trinajstić information content (AvgIpc) is 3.12. The number of rotatable bonds is 7. The van der Waals surface area contributed by atoms with E-state index in [4.69, 9.17) is 21.4 Å². The lowest BCUT2D eigenvalue weighted by atomic mass is 9.98. The molecule has 0 spiro atoms. The molecule has 2 N–H and O–H groups in total. The van der Waals surface area contributed by atoms with E-state index in [1.165, 1.54) is 16.7 Å². The molecule has 0 saturated carbocycles. The molecule has 0 radical (unpaired) electrons. The van der Waals surface area contributed by atoms with Gasteiger partial charge in [-0.2, -0.15) is 0 Å². The highest BCUT2D eigenvalue weighted by Crippen LogP contribution is 2.30. The molecule has 1 aliphatic rings. The lowest BCUT2D eigenvalue weighted by molar-refractivity contribution is 0.0548. The first-order valence-electron chi connectivity index (χ1n) is 10.5. The zero-order chi connectivity index (χ0) is 21.8. The Hall–Kier alpha value is -2.24. The van der Waals surface area contributed by atoms with E-state index in [0.29, 0.717) is 6.54 Å². The third kappa shape index (κ3) is 5.46. The molecule has 2 aromatic carbocycles. The van der Waals surface area contributed by atoms with E-state index >= 15 is 0 Å². The first kappa shape index (κ1) is 22.4. The Morgan fingerprint density at radius 1 is 1.23 bits per heavy atom. The van der Waals surface area contributed by atoms with Crippen molar-refractivity contribution >= 4 is 23.4 Å².